The number of carbonyl (C=O) groups is 1. The van der Waals surface area contributed by atoms with E-state index in [1.165, 1.54) is 51.8 Å². The highest BCUT2D eigenvalue weighted by Crippen LogP contribution is 2.38. The first-order valence-corrected chi connectivity index (χ1v) is 15.7. The molecule has 3 aromatic carbocycles. The summed E-state index contributed by atoms with van der Waals surface area (Å²) in [4.78, 5) is 17.7. The van der Waals surface area contributed by atoms with Gasteiger partial charge in [0, 0.05) is 32.3 Å². The summed E-state index contributed by atoms with van der Waals surface area (Å²) >= 11 is 12.0. The number of aromatic nitrogens is 1. The Balaban J connectivity index is 0.000000286. The minimum atomic E-state index is -1.08. The molecule has 1 amide bonds. The van der Waals surface area contributed by atoms with E-state index < -0.39 is 35.0 Å². The molecule has 0 bridgehead atoms. The summed E-state index contributed by atoms with van der Waals surface area (Å²) in [7, 11) is 7.72. The first kappa shape index (κ1) is 40.6. The molecule has 276 valence electrons. The Morgan fingerprint density at radius 3 is 1.75 bits per heavy atom. The van der Waals surface area contributed by atoms with Gasteiger partial charge in [0.1, 0.15) is 35.5 Å². The summed E-state index contributed by atoms with van der Waals surface area (Å²) in [6, 6.07) is 9.06. The summed E-state index contributed by atoms with van der Waals surface area (Å²) in [6.45, 7) is 4.61. The molecule has 0 saturated heterocycles. The second kappa shape index (κ2) is 17.9. The summed E-state index contributed by atoms with van der Waals surface area (Å²) in [5.74, 6) is -2.93. The van der Waals surface area contributed by atoms with Crippen molar-refractivity contribution in [2.24, 2.45) is 0 Å². The van der Waals surface area contributed by atoms with Gasteiger partial charge in [-0.2, -0.15) is 0 Å². The van der Waals surface area contributed by atoms with Gasteiger partial charge in [-0.25, -0.2) is 27.3 Å². The van der Waals surface area contributed by atoms with Gasteiger partial charge in [0.15, 0.2) is 40.5 Å². The average molecular weight is 759 g/mol. The third-order valence-electron chi connectivity index (χ3n) is 6.67. The molecule has 0 radical (unpaired) electrons. The fourth-order valence-electron chi connectivity index (χ4n) is 4.29. The van der Waals surface area contributed by atoms with Crippen LogP contribution in [0.15, 0.2) is 48.7 Å². The smallest absolute Gasteiger partial charge is 0.412 e. The van der Waals surface area contributed by atoms with Crippen LogP contribution in [0, 0.1) is 23.3 Å². The van der Waals surface area contributed by atoms with E-state index >= 15 is 0 Å². The van der Waals surface area contributed by atoms with Crippen LogP contribution in [0.25, 0.3) is 0 Å². The van der Waals surface area contributed by atoms with Crippen molar-refractivity contribution >= 4 is 40.7 Å². The van der Waals surface area contributed by atoms with Crippen LogP contribution in [0.1, 0.15) is 31.9 Å². The molecule has 10 nitrogen and oxygen atoms in total. The lowest BCUT2D eigenvalue weighted by Gasteiger charge is -2.20. The van der Waals surface area contributed by atoms with Crippen LogP contribution >= 0.6 is 23.2 Å². The zero-order chi connectivity index (χ0) is 38.0. The van der Waals surface area contributed by atoms with Crippen molar-refractivity contribution < 1.29 is 50.8 Å². The van der Waals surface area contributed by atoms with Gasteiger partial charge < -0.3 is 33.3 Å². The Bertz CT molecular complexity index is 1840. The number of methoxy groups -OCH3 is 3. The van der Waals surface area contributed by atoms with E-state index in [2.05, 4.69) is 10.3 Å². The van der Waals surface area contributed by atoms with Gasteiger partial charge >= 0.3 is 6.09 Å². The minimum absolute atomic E-state index is 0.00200. The summed E-state index contributed by atoms with van der Waals surface area (Å²) in [5, 5.41) is 3.00. The number of halogens is 6. The maximum absolute atomic E-state index is 14.1. The van der Waals surface area contributed by atoms with Crippen LogP contribution in [0.3, 0.4) is 0 Å². The second-order valence-electron chi connectivity index (χ2n) is 11.6. The number of nitrogens with zero attached hydrogens (tertiary/aromatic N) is 2. The molecule has 0 unspecified atom stereocenters. The molecule has 0 aliphatic carbocycles. The molecule has 0 aliphatic rings. The van der Waals surface area contributed by atoms with Crippen LogP contribution in [0.5, 0.6) is 28.7 Å². The third-order valence-corrected chi connectivity index (χ3v) is 7.19. The topological polar surface area (TPSA) is 101 Å². The molecule has 0 atom stereocenters. The summed E-state index contributed by atoms with van der Waals surface area (Å²) < 4.78 is 86.6. The normalized spacial score (nSPS) is 10.8. The van der Waals surface area contributed by atoms with Gasteiger partial charge in [-0.05, 0) is 45.0 Å². The molecule has 0 fully saturated rings. The number of hydrogen-bond donors (Lipinski definition) is 1. The number of nitrogens with one attached hydrogen (secondary N) is 1. The number of pyridine rings is 1. The Labute approximate surface area is 303 Å². The largest absolute Gasteiger partial charge is 0.496 e. The minimum Gasteiger partial charge on any atom is -0.496 e. The number of anilines is 2. The zero-order valence-corrected chi connectivity index (χ0v) is 30.6. The van der Waals surface area contributed by atoms with Crippen LogP contribution in [-0.2, 0) is 18.0 Å². The number of amides is 1. The van der Waals surface area contributed by atoms with Crippen molar-refractivity contribution in [3.63, 3.8) is 0 Å². The van der Waals surface area contributed by atoms with E-state index in [1.807, 2.05) is 14.1 Å². The van der Waals surface area contributed by atoms with E-state index in [-0.39, 0.29) is 58.0 Å². The van der Waals surface area contributed by atoms with Crippen LogP contribution < -0.4 is 33.9 Å². The summed E-state index contributed by atoms with van der Waals surface area (Å²) in [6.07, 6.45) is 0.717. The van der Waals surface area contributed by atoms with Gasteiger partial charge in [0.25, 0.3) is 0 Å². The van der Waals surface area contributed by atoms with E-state index in [1.54, 1.807) is 31.7 Å². The first-order chi connectivity index (χ1) is 24.0. The number of carbonyl (C=O) groups excluding carboxylic acids is 1. The zero-order valence-electron chi connectivity index (χ0n) is 29.1. The van der Waals surface area contributed by atoms with E-state index in [9.17, 15) is 22.4 Å². The van der Waals surface area contributed by atoms with Crippen LogP contribution in [-0.4, -0.2) is 52.1 Å². The van der Waals surface area contributed by atoms with Crippen molar-refractivity contribution in [3.8, 4) is 28.7 Å². The second-order valence-corrected chi connectivity index (χ2v) is 12.4. The van der Waals surface area contributed by atoms with Crippen molar-refractivity contribution in [1.82, 2.24) is 4.98 Å². The van der Waals surface area contributed by atoms with Gasteiger partial charge in [0.2, 0.25) is 0 Å². The molecule has 4 aromatic rings. The van der Waals surface area contributed by atoms with Gasteiger partial charge in [-0.3, -0.25) is 5.32 Å². The predicted octanol–water partition coefficient (Wildman–Crippen LogP) is 9.23. The van der Waals surface area contributed by atoms with Crippen molar-refractivity contribution in [2.45, 2.75) is 39.6 Å². The van der Waals surface area contributed by atoms with Gasteiger partial charge in [0.05, 0.1) is 55.1 Å². The molecular weight excluding hydrogens is 721 g/mol. The molecule has 1 N–H and O–H groups in total. The maximum atomic E-state index is 14.1. The highest BCUT2D eigenvalue weighted by Gasteiger charge is 2.21. The molecule has 0 saturated carbocycles. The molecule has 0 spiro atoms. The predicted molar refractivity (Wildman–Crippen MR) is 186 cm³/mol. The Hall–Kier alpha value is -4.82. The average Bonchev–Trinajstić information content (AvgIpc) is 3.06. The molecule has 4 rings (SSSR count). The Morgan fingerprint density at radius 2 is 1.27 bits per heavy atom. The summed E-state index contributed by atoms with van der Waals surface area (Å²) in [5.41, 5.74) is 0.0702. The van der Waals surface area contributed by atoms with E-state index in [0.29, 0.717) is 16.6 Å². The lowest BCUT2D eigenvalue weighted by molar-refractivity contribution is 0.0636. The molecule has 0 aliphatic heterocycles. The molecule has 1 heterocycles. The maximum Gasteiger partial charge on any atom is 0.412 e. The molecule has 51 heavy (non-hydrogen) atoms. The highest BCUT2D eigenvalue weighted by molar-refractivity contribution is 6.34. The fourth-order valence-corrected chi connectivity index (χ4v) is 4.64. The Kier molecular flexibility index (Phi) is 14.3. The lowest BCUT2D eigenvalue weighted by atomic mass is 10.2. The molecular formula is C35H37Cl2F4N3O7. The van der Waals surface area contributed by atoms with Gasteiger partial charge in [-0.15, -0.1) is 0 Å². The van der Waals surface area contributed by atoms with E-state index in [4.69, 9.17) is 51.6 Å². The number of ether oxygens (including phenoxy) is 6. The first-order valence-electron chi connectivity index (χ1n) is 15.0. The fraction of sp³-hybridized carbons (Fsp3) is 0.314. The molecule has 1 aromatic heterocycles. The number of benzene rings is 3. The van der Waals surface area contributed by atoms with Crippen LogP contribution in [0.4, 0.5) is 33.7 Å². The van der Waals surface area contributed by atoms with Crippen molar-refractivity contribution in [3.05, 3.63) is 93.2 Å². The highest BCUT2D eigenvalue weighted by atomic mass is 35.5. The monoisotopic (exact) mass is 757 g/mol. The lowest BCUT2D eigenvalue weighted by Crippen LogP contribution is -2.27. The van der Waals surface area contributed by atoms with E-state index in [0.717, 1.165) is 12.1 Å². The third kappa shape index (κ3) is 11.1. The number of hydrogen-bond acceptors (Lipinski definition) is 9. The van der Waals surface area contributed by atoms with Crippen LogP contribution in [0.2, 0.25) is 10.2 Å². The van der Waals surface area contributed by atoms with Crippen molar-refractivity contribution in [1.29, 1.82) is 0 Å². The molecule has 16 heteroatoms. The number of rotatable bonds is 11. The quantitative estimate of drug-likeness (QED) is 0.119. The van der Waals surface area contributed by atoms with Gasteiger partial charge in [-0.1, -0.05) is 23.2 Å². The SMILES string of the molecule is COc1cc(Cl)c(NC(=O)OC(C)(C)C)cc1OCc1c(OC)ccc(F)c1F.COc1ccc(F)c(F)c1COc1cnc(Cl)cc1N(C)C. The Morgan fingerprint density at radius 1 is 0.765 bits per heavy atom. The van der Waals surface area contributed by atoms with Crippen molar-refractivity contribution in [2.75, 3.05) is 45.6 Å². The standard InChI is InChI=1S/C20H22ClF2NO5.C15H15ClF2N2O2/c1-20(2,3)29-19(25)24-14-9-17(16(27-5)8-12(14)21)28-10-11-15(26-4)7-6-13(22)18(11)23;1-20(2)11-6-14(16)19-7-13(11)22-8-9-12(21-3)5-4-10(17)15(9)18/h6-9H,10H2,1-5H3,(H,24,25);4-7H,8H2,1-3H3.